The molecule has 0 amide bonds. The second kappa shape index (κ2) is 8.74. The quantitative estimate of drug-likeness (QED) is 0.240. The molecule has 0 aromatic heterocycles. The zero-order valence-corrected chi connectivity index (χ0v) is 14.1. The Morgan fingerprint density at radius 2 is 0.933 bits per heavy atom. The van der Waals surface area contributed by atoms with Gasteiger partial charge in [-0.25, -0.2) is 4.74 Å². The molecule has 0 aromatic rings. The highest BCUT2D eigenvalue weighted by Gasteiger charge is 2.64. The molecular formula is C9H6F14O6S. The molecule has 0 aromatic carbocycles. The van der Waals surface area contributed by atoms with Crippen LogP contribution in [0.25, 0.3) is 0 Å². The maximum atomic E-state index is 13.0. The third-order valence-corrected chi connectivity index (χ3v) is 3.11. The molecule has 0 atom stereocenters. The molecular weight excluding hydrogens is 502 g/mol. The van der Waals surface area contributed by atoms with Crippen molar-refractivity contribution in [2.24, 2.45) is 0 Å². The summed E-state index contributed by atoms with van der Waals surface area (Å²) in [6, 6.07) is 0. The number of ether oxygens (including phenoxy) is 3. The number of hydrogen-bond donors (Lipinski definition) is 0. The lowest BCUT2D eigenvalue weighted by molar-refractivity contribution is -0.462. The molecule has 6 nitrogen and oxygen atoms in total. The topological polar surface area (TPSA) is 71.1 Å². The Balaban J connectivity index is 4.82. The van der Waals surface area contributed by atoms with Crippen LogP contribution in [0.5, 0.6) is 0 Å². The van der Waals surface area contributed by atoms with Gasteiger partial charge in [0.05, 0.1) is 0 Å². The van der Waals surface area contributed by atoms with Gasteiger partial charge in [-0.1, -0.05) is 0 Å². The van der Waals surface area contributed by atoms with Crippen molar-refractivity contribution in [2.45, 2.75) is 36.1 Å². The minimum atomic E-state index is -6.67. The van der Waals surface area contributed by atoms with E-state index in [-0.39, 0.29) is 0 Å². The van der Waals surface area contributed by atoms with Crippen molar-refractivity contribution in [1.82, 2.24) is 0 Å². The van der Waals surface area contributed by atoms with E-state index in [1.165, 1.54) is 0 Å². The normalized spacial score (nSPS) is 15.5. The van der Waals surface area contributed by atoms with Crippen LogP contribution in [0.15, 0.2) is 0 Å². The van der Waals surface area contributed by atoms with Crippen LogP contribution in [-0.2, 0) is 28.5 Å². The predicted molar refractivity (Wildman–Crippen MR) is 59.8 cm³/mol. The first-order valence-electron chi connectivity index (χ1n) is 6.34. The summed E-state index contributed by atoms with van der Waals surface area (Å²) in [5.74, 6) is 0. The van der Waals surface area contributed by atoms with Crippen molar-refractivity contribution in [3.05, 3.63) is 0 Å². The molecule has 0 unspecified atom stereocenters. The first kappa shape index (κ1) is 28.8. The summed E-state index contributed by atoms with van der Waals surface area (Å²) in [5, 5.41) is 0. The highest BCUT2D eigenvalue weighted by Crippen LogP contribution is 2.40. The molecule has 21 heteroatoms. The molecule has 0 radical (unpaired) electrons. The van der Waals surface area contributed by atoms with Gasteiger partial charge < -0.3 is 4.74 Å². The van der Waals surface area contributed by atoms with Crippen LogP contribution >= 0.6 is 0 Å². The van der Waals surface area contributed by atoms with Gasteiger partial charge in [0.25, 0.3) is 0 Å². The molecule has 0 rings (SSSR count). The van der Waals surface area contributed by atoms with Crippen LogP contribution < -0.4 is 0 Å². The maximum absolute atomic E-state index is 13.0. The lowest BCUT2D eigenvalue weighted by Crippen LogP contribution is -2.47. The molecule has 0 aliphatic rings. The molecule has 182 valence electrons. The number of hydrogen-bond acceptors (Lipinski definition) is 6. The van der Waals surface area contributed by atoms with Gasteiger partial charge >= 0.3 is 46.2 Å². The van der Waals surface area contributed by atoms with Crippen LogP contribution in [0.3, 0.4) is 0 Å². The van der Waals surface area contributed by atoms with Crippen molar-refractivity contribution in [3.63, 3.8) is 0 Å². The summed E-state index contributed by atoms with van der Waals surface area (Å²) < 4.78 is 204. The average Bonchev–Trinajstić information content (AvgIpc) is 2.39. The number of halogens is 14. The Morgan fingerprint density at radius 3 is 1.30 bits per heavy atom. The van der Waals surface area contributed by atoms with E-state index < -0.39 is 66.1 Å². The van der Waals surface area contributed by atoms with Crippen LogP contribution in [0, 0.1) is 0 Å². The van der Waals surface area contributed by atoms with Gasteiger partial charge in [-0.05, 0) is 0 Å². The molecule has 0 aliphatic carbocycles. The SMILES string of the molecule is O=S(=O)(OCC(F)(F)OC(F)(F)COCC(F)(F)OC(F)(F)C(F)(F)F)C(F)(F)F. The standard InChI is InChI=1S/C9H6F14O6S/c10-4(11,28-6(14,15)3-27-30(24,25)9(21,22)23)1-26-2-5(12,13)29-8(19,20)7(16,17)18/h1-3H2. The van der Waals surface area contributed by atoms with E-state index in [1.807, 2.05) is 0 Å². The van der Waals surface area contributed by atoms with E-state index in [0.29, 0.717) is 0 Å². The van der Waals surface area contributed by atoms with Crippen LogP contribution in [0.1, 0.15) is 0 Å². The maximum Gasteiger partial charge on any atom is 0.523 e. The van der Waals surface area contributed by atoms with E-state index in [4.69, 9.17) is 0 Å². The van der Waals surface area contributed by atoms with Gasteiger partial charge in [0.2, 0.25) is 0 Å². The summed E-state index contributed by atoms with van der Waals surface area (Å²) >= 11 is 0. The van der Waals surface area contributed by atoms with Gasteiger partial charge in [0.1, 0.15) is 13.2 Å². The lowest BCUT2D eigenvalue weighted by Gasteiger charge is -2.26. The minimum absolute atomic E-state index is 2.07. The Morgan fingerprint density at radius 1 is 0.567 bits per heavy atom. The lowest BCUT2D eigenvalue weighted by atomic mass is 10.5. The van der Waals surface area contributed by atoms with Gasteiger partial charge in [-0.2, -0.15) is 69.9 Å². The highest BCUT2D eigenvalue weighted by atomic mass is 32.2. The average molecular weight is 508 g/mol. The van der Waals surface area contributed by atoms with Crippen molar-refractivity contribution in [3.8, 4) is 0 Å². The highest BCUT2D eigenvalue weighted by molar-refractivity contribution is 7.87. The first-order chi connectivity index (χ1) is 12.8. The van der Waals surface area contributed by atoms with Crippen molar-refractivity contribution in [1.29, 1.82) is 0 Å². The second-order valence-electron chi connectivity index (χ2n) is 4.79. The Bertz CT molecular complexity index is 668. The summed E-state index contributed by atoms with van der Waals surface area (Å²) in [5.41, 5.74) is -6.22. The van der Waals surface area contributed by atoms with E-state index in [2.05, 4.69) is 18.4 Å². The Kier molecular flexibility index (Phi) is 8.40. The van der Waals surface area contributed by atoms with Crippen LogP contribution in [0.4, 0.5) is 61.5 Å². The monoisotopic (exact) mass is 508 g/mol. The zero-order chi connectivity index (χ0) is 24.4. The number of rotatable bonds is 11. The molecule has 0 spiro atoms. The first-order valence-corrected chi connectivity index (χ1v) is 7.75. The third-order valence-electron chi connectivity index (χ3n) is 2.11. The van der Waals surface area contributed by atoms with E-state index >= 15 is 0 Å². The summed E-state index contributed by atoms with van der Waals surface area (Å²) in [4.78, 5) is 0. The molecule has 0 aliphatic heterocycles. The van der Waals surface area contributed by atoms with E-state index in [0.717, 1.165) is 0 Å². The van der Waals surface area contributed by atoms with Crippen LogP contribution in [-0.4, -0.2) is 64.4 Å². The van der Waals surface area contributed by atoms with E-state index in [1.54, 1.807) is 0 Å². The fourth-order valence-corrected chi connectivity index (χ4v) is 1.48. The summed E-state index contributed by atoms with van der Waals surface area (Å²) in [7, 11) is -6.67. The molecule has 0 saturated heterocycles. The van der Waals surface area contributed by atoms with Crippen molar-refractivity contribution in [2.75, 3.05) is 19.8 Å². The summed E-state index contributed by atoms with van der Waals surface area (Å²) in [6.45, 7) is -8.45. The largest absolute Gasteiger partial charge is 0.523 e. The fourth-order valence-electron chi connectivity index (χ4n) is 1.05. The van der Waals surface area contributed by atoms with Crippen molar-refractivity contribution < 1.29 is 88.3 Å². The predicted octanol–water partition coefficient (Wildman–Crippen LogP) is 3.84. The smallest absolute Gasteiger partial charge is 0.363 e. The Hall–Kier alpha value is -1.19. The number of alkyl halides is 14. The third kappa shape index (κ3) is 9.31. The van der Waals surface area contributed by atoms with Gasteiger partial charge in [-0.3, -0.25) is 8.92 Å². The van der Waals surface area contributed by atoms with Crippen LogP contribution in [0.2, 0.25) is 0 Å². The molecule has 0 bridgehead atoms. The van der Waals surface area contributed by atoms with Crippen molar-refractivity contribution >= 4 is 10.1 Å². The molecule has 0 saturated carbocycles. The zero-order valence-electron chi connectivity index (χ0n) is 13.3. The van der Waals surface area contributed by atoms with E-state index in [9.17, 15) is 69.9 Å². The fraction of sp³-hybridized carbons (Fsp3) is 1.00. The van der Waals surface area contributed by atoms with Gasteiger partial charge in [-0.15, -0.1) is 0 Å². The second-order valence-corrected chi connectivity index (χ2v) is 6.39. The summed E-state index contributed by atoms with van der Waals surface area (Å²) in [6.07, 6.45) is -29.6. The van der Waals surface area contributed by atoms with Gasteiger partial charge in [0.15, 0.2) is 6.61 Å². The molecule has 0 N–H and O–H groups in total. The van der Waals surface area contributed by atoms with Gasteiger partial charge in [0, 0.05) is 0 Å². The molecule has 0 heterocycles. The minimum Gasteiger partial charge on any atom is -0.363 e. The molecule has 0 fully saturated rings. The molecule has 30 heavy (non-hydrogen) atoms. The Labute approximate surface area is 155 Å².